The smallest absolute Gasteiger partial charge is 0.222 e. The number of aromatic nitrogens is 2. The van der Waals surface area contributed by atoms with Crippen molar-refractivity contribution in [3.8, 4) is 0 Å². The molecular weight excluding hydrogens is 338 g/mol. The van der Waals surface area contributed by atoms with Crippen LogP contribution in [0.3, 0.4) is 0 Å². The number of halogens is 1. The number of aryl methyl sites for hydroxylation is 2. The van der Waals surface area contributed by atoms with Gasteiger partial charge in [-0.3, -0.25) is 19.3 Å². The molecule has 2 aliphatic rings. The van der Waals surface area contributed by atoms with Crippen LogP contribution in [0.5, 0.6) is 0 Å². The molecule has 3 rings (SSSR count). The van der Waals surface area contributed by atoms with Gasteiger partial charge in [-0.1, -0.05) is 18.5 Å². The van der Waals surface area contributed by atoms with Gasteiger partial charge in [0, 0.05) is 64.3 Å². The van der Waals surface area contributed by atoms with E-state index in [2.05, 4.69) is 28.9 Å². The molecule has 3 heterocycles. The Labute approximate surface area is 155 Å². The summed E-state index contributed by atoms with van der Waals surface area (Å²) in [5.74, 6) is 0.269. The van der Waals surface area contributed by atoms with E-state index in [0.717, 1.165) is 68.4 Å². The molecule has 0 aromatic carbocycles. The van der Waals surface area contributed by atoms with Crippen molar-refractivity contribution in [2.75, 3.05) is 40.3 Å². The van der Waals surface area contributed by atoms with Gasteiger partial charge in [0.05, 0.1) is 5.69 Å². The number of carbonyl (C=O) groups is 1. The third-order valence-electron chi connectivity index (χ3n) is 6.09. The molecule has 140 valence electrons. The van der Waals surface area contributed by atoms with Crippen molar-refractivity contribution in [1.82, 2.24) is 24.5 Å². The largest absolute Gasteiger partial charge is 0.346 e. The Balaban J connectivity index is 1.78. The second kappa shape index (κ2) is 7.25. The molecule has 0 N–H and O–H groups in total. The van der Waals surface area contributed by atoms with E-state index >= 15 is 0 Å². The van der Waals surface area contributed by atoms with Crippen LogP contribution >= 0.6 is 11.6 Å². The molecule has 2 fully saturated rings. The zero-order chi connectivity index (χ0) is 18.2. The van der Waals surface area contributed by atoms with Gasteiger partial charge in [0.15, 0.2) is 0 Å². The van der Waals surface area contributed by atoms with Crippen LogP contribution in [0, 0.1) is 0 Å². The van der Waals surface area contributed by atoms with E-state index in [1.807, 2.05) is 19.0 Å². The Bertz CT molecular complexity index is 646. The fraction of sp³-hybridized carbons (Fsp3) is 0.778. The van der Waals surface area contributed by atoms with Gasteiger partial charge in [-0.25, -0.2) is 0 Å². The van der Waals surface area contributed by atoms with Crippen molar-refractivity contribution < 1.29 is 4.79 Å². The van der Waals surface area contributed by atoms with Gasteiger partial charge in [0.25, 0.3) is 0 Å². The number of nitrogens with zero attached hydrogens (tertiary/aromatic N) is 5. The van der Waals surface area contributed by atoms with Crippen LogP contribution in [0.1, 0.15) is 37.4 Å². The quantitative estimate of drug-likeness (QED) is 0.816. The predicted molar refractivity (Wildman–Crippen MR) is 99.7 cm³/mol. The maximum Gasteiger partial charge on any atom is 0.222 e. The summed E-state index contributed by atoms with van der Waals surface area (Å²) in [7, 11) is 6.04. The molecular formula is C18H30ClN5O. The molecule has 0 unspecified atom stereocenters. The van der Waals surface area contributed by atoms with Crippen molar-refractivity contribution in [3.63, 3.8) is 0 Å². The summed E-state index contributed by atoms with van der Waals surface area (Å²) >= 11 is 6.49. The van der Waals surface area contributed by atoms with E-state index in [9.17, 15) is 4.79 Å². The maximum atomic E-state index is 12.1. The molecule has 0 aliphatic carbocycles. The minimum absolute atomic E-state index is 0.0831. The first-order valence-corrected chi connectivity index (χ1v) is 9.62. The summed E-state index contributed by atoms with van der Waals surface area (Å²) in [4.78, 5) is 19.0. The van der Waals surface area contributed by atoms with E-state index in [0.29, 0.717) is 6.42 Å². The summed E-state index contributed by atoms with van der Waals surface area (Å²) in [5.41, 5.74) is 2.34. The molecule has 6 nitrogen and oxygen atoms in total. The summed E-state index contributed by atoms with van der Waals surface area (Å²) in [6, 6.07) is 0. The summed E-state index contributed by atoms with van der Waals surface area (Å²) in [6.45, 7) is 6.84. The van der Waals surface area contributed by atoms with Gasteiger partial charge < -0.3 is 4.90 Å². The van der Waals surface area contributed by atoms with Gasteiger partial charge in [-0.15, -0.1) is 0 Å². The second-order valence-corrected chi connectivity index (χ2v) is 7.97. The monoisotopic (exact) mass is 367 g/mol. The van der Waals surface area contributed by atoms with Crippen molar-refractivity contribution in [2.45, 2.75) is 44.7 Å². The fourth-order valence-electron chi connectivity index (χ4n) is 4.24. The number of rotatable bonds is 3. The van der Waals surface area contributed by atoms with Gasteiger partial charge in [-0.05, 0) is 26.3 Å². The molecule has 2 saturated heterocycles. The van der Waals surface area contributed by atoms with Crippen LogP contribution in [0.15, 0.2) is 0 Å². The van der Waals surface area contributed by atoms with Crippen LogP contribution in [-0.2, 0) is 24.8 Å². The number of hydrogen-bond donors (Lipinski definition) is 0. The highest BCUT2D eigenvalue weighted by atomic mass is 35.5. The molecule has 7 heteroatoms. The van der Waals surface area contributed by atoms with Crippen LogP contribution in [-0.4, -0.2) is 76.2 Å². The molecule has 0 radical (unpaired) electrons. The Morgan fingerprint density at radius 1 is 1.16 bits per heavy atom. The molecule has 1 amide bonds. The number of amides is 1. The van der Waals surface area contributed by atoms with E-state index < -0.39 is 0 Å². The Hall–Kier alpha value is -1.11. The van der Waals surface area contributed by atoms with E-state index in [4.69, 9.17) is 11.6 Å². The molecule has 2 aliphatic heterocycles. The zero-order valence-corrected chi connectivity index (χ0v) is 16.6. The van der Waals surface area contributed by atoms with E-state index in [-0.39, 0.29) is 11.4 Å². The lowest BCUT2D eigenvalue weighted by Crippen LogP contribution is -2.60. The first kappa shape index (κ1) is 18.7. The van der Waals surface area contributed by atoms with Gasteiger partial charge in [-0.2, -0.15) is 5.10 Å². The lowest BCUT2D eigenvalue weighted by atomic mass is 9.86. The summed E-state index contributed by atoms with van der Waals surface area (Å²) in [5, 5.41) is 5.29. The van der Waals surface area contributed by atoms with Crippen LogP contribution in [0.25, 0.3) is 0 Å². The standard InChI is InChI=1S/C18H30ClN5O/c1-5-15-14(17(19)23(4)20-15)12-24-11-10-22(3)18(13-24)7-6-16(25)21(2)9-8-18/h5-13H2,1-4H3/t18-/m0/s1. The average Bonchev–Trinajstić information content (AvgIpc) is 2.78. The van der Waals surface area contributed by atoms with Crippen LogP contribution in [0.2, 0.25) is 5.15 Å². The van der Waals surface area contributed by atoms with Crippen molar-refractivity contribution in [2.24, 2.45) is 7.05 Å². The first-order valence-electron chi connectivity index (χ1n) is 9.24. The minimum atomic E-state index is 0.0831. The van der Waals surface area contributed by atoms with Crippen LogP contribution in [0.4, 0.5) is 0 Å². The lowest BCUT2D eigenvalue weighted by molar-refractivity contribution is -0.129. The molecule has 1 spiro atoms. The number of hydrogen-bond acceptors (Lipinski definition) is 4. The number of likely N-dealkylation sites (tertiary alicyclic amines) is 1. The third-order valence-corrected chi connectivity index (χ3v) is 6.56. The lowest BCUT2D eigenvalue weighted by Gasteiger charge is -2.49. The number of likely N-dealkylation sites (N-methyl/N-ethyl adjacent to an activating group) is 1. The van der Waals surface area contributed by atoms with Crippen molar-refractivity contribution >= 4 is 17.5 Å². The topological polar surface area (TPSA) is 44.6 Å². The first-order chi connectivity index (χ1) is 11.9. The van der Waals surface area contributed by atoms with Crippen LogP contribution < -0.4 is 0 Å². The van der Waals surface area contributed by atoms with Crippen molar-refractivity contribution in [1.29, 1.82) is 0 Å². The zero-order valence-electron chi connectivity index (χ0n) is 15.9. The average molecular weight is 368 g/mol. The Morgan fingerprint density at radius 3 is 2.64 bits per heavy atom. The summed E-state index contributed by atoms with van der Waals surface area (Å²) in [6.07, 6.45) is 3.50. The highest BCUT2D eigenvalue weighted by Crippen LogP contribution is 2.33. The SMILES string of the molecule is CCc1nn(C)c(Cl)c1CN1CCN(C)[C@]2(CCC(=O)N(C)CC2)C1. The highest BCUT2D eigenvalue weighted by Gasteiger charge is 2.42. The second-order valence-electron chi connectivity index (χ2n) is 7.62. The molecule has 1 atom stereocenters. The molecule has 0 bridgehead atoms. The normalized spacial score (nSPS) is 26.4. The number of carbonyl (C=O) groups excluding carboxylic acids is 1. The fourth-order valence-corrected chi connectivity index (χ4v) is 4.45. The maximum absolute atomic E-state index is 12.1. The number of piperazine rings is 1. The molecule has 1 aromatic heterocycles. The summed E-state index contributed by atoms with van der Waals surface area (Å²) < 4.78 is 1.78. The third kappa shape index (κ3) is 3.57. The van der Waals surface area contributed by atoms with Gasteiger partial charge in [0.1, 0.15) is 5.15 Å². The Morgan fingerprint density at radius 2 is 1.92 bits per heavy atom. The predicted octanol–water partition coefficient (Wildman–Crippen LogP) is 1.76. The molecule has 1 aromatic rings. The Kier molecular flexibility index (Phi) is 5.42. The molecule has 0 saturated carbocycles. The van der Waals surface area contributed by atoms with Gasteiger partial charge >= 0.3 is 0 Å². The van der Waals surface area contributed by atoms with Gasteiger partial charge in [0.2, 0.25) is 5.91 Å². The highest BCUT2D eigenvalue weighted by molar-refractivity contribution is 6.30. The van der Waals surface area contributed by atoms with E-state index in [1.54, 1.807) is 4.68 Å². The molecule has 25 heavy (non-hydrogen) atoms. The minimum Gasteiger partial charge on any atom is -0.346 e. The van der Waals surface area contributed by atoms with Crippen molar-refractivity contribution in [3.05, 3.63) is 16.4 Å². The van der Waals surface area contributed by atoms with E-state index in [1.165, 1.54) is 0 Å².